The summed E-state index contributed by atoms with van der Waals surface area (Å²) < 4.78 is 14.6. The second kappa shape index (κ2) is 9.60. The number of esters is 3. The topological polar surface area (TPSA) is 105 Å². The number of nitrogen functional groups attached to an aromatic ring is 1. The van der Waals surface area contributed by atoms with E-state index < -0.39 is 17.9 Å². The number of nitrogens with two attached hydrogens (primary N) is 1. The Bertz CT molecular complexity index is 784. The molecule has 2 heterocycles. The maximum absolute atomic E-state index is 12.0. The fourth-order valence-corrected chi connectivity index (χ4v) is 4.67. The van der Waals surface area contributed by atoms with Crippen molar-refractivity contribution in [1.82, 2.24) is 0 Å². The van der Waals surface area contributed by atoms with Crippen molar-refractivity contribution in [2.45, 2.75) is 12.4 Å². The highest BCUT2D eigenvalue weighted by Gasteiger charge is 2.28. The summed E-state index contributed by atoms with van der Waals surface area (Å²) in [4.78, 5) is 37.1. The van der Waals surface area contributed by atoms with E-state index in [4.69, 9.17) is 15.2 Å². The molecule has 0 bridgehead atoms. The first-order valence-corrected chi connectivity index (χ1v) is 10.2. The summed E-state index contributed by atoms with van der Waals surface area (Å²) in [5.74, 6) is -0.956. The van der Waals surface area contributed by atoms with Gasteiger partial charge in [-0.25, -0.2) is 9.59 Å². The summed E-state index contributed by atoms with van der Waals surface area (Å²) >= 11 is 3.93. The second-order valence-corrected chi connectivity index (χ2v) is 7.94. The molecular weight excluding hydrogens is 398 g/mol. The van der Waals surface area contributed by atoms with Gasteiger partial charge in [0.25, 0.3) is 0 Å². The third kappa shape index (κ3) is 4.99. The van der Waals surface area contributed by atoms with Crippen molar-refractivity contribution < 1.29 is 28.6 Å². The second-order valence-electron chi connectivity index (χ2n) is 4.87. The first-order chi connectivity index (χ1) is 12.5. The van der Waals surface area contributed by atoms with Crippen molar-refractivity contribution in [2.75, 3.05) is 25.7 Å². The monoisotopic (exact) mass is 415 g/mol. The normalized spacial score (nSPS) is 10.4. The Morgan fingerprint density at radius 1 is 1.19 bits per heavy atom. The number of rotatable bonds is 8. The Morgan fingerprint density at radius 2 is 1.92 bits per heavy atom. The van der Waals surface area contributed by atoms with Gasteiger partial charge < -0.3 is 19.9 Å². The largest absolute Gasteiger partial charge is 0.465 e. The predicted octanol–water partition coefficient (Wildman–Crippen LogP) is 2.94. The first-order valence-electron chi connectivity index (χ1n) is 7.31. The van der Waals surface area contributed by atoms with Crippen LogP contribution in [-0.2, 0) is 31.4 Å². The molecule has 10 heteroatoms. The third-order valence-electron chi connectivity index (χ3n) is 3.22. The smallest absolute Gasteiger partial charge is 0.348 e. The first kappa shape index (κ1) is 20.3. The van der Waals surface area contributed by atoms with E-state index in [2.05, 4.69) is 4.74 Å². The van der Waals surface area contributed by atoms with Crippen LogP contribution in [0.2, 0.25) is 0 Å². The summed E-state index contributed by atoms with van der Waals surface area (Å²) in [5.41, 5.74) is 6.04. The lowest BCUT2D eigenvalue weighted by molar-refractivity contribution is -0.141. The van der Waals surface area contributed by atoms with Gasteiger partial charge in [-0.05, 0) is 11.4 Å². The summed E-state index contributed by atoms with van der Waals surface area (Å²) in [6, 6.07) is 3.94. The molecule has 0 radical (unpaired) electrons. The minimum absolute atomic E-state index is 0.0249. The number of hydrogen-bond acceptors (Lipinski definition) is 10. The van der Waals surface area contributed by atoms with Crippen molar-refractivity contribution in [1.29, 1.82) is 0 Å². The SMILES string of the molecule is COC(=O)c1sc(N)c(C(=O)OC)c1COC(=O)CSCc1cccs1. The summed E-state index contributed by atoms with van der Waals surface area (Å²) in [5, 5.41) is 2.08. The average molecular weight is 416 g/mol. The molecule has 7 nitrogen and oxygen atoms in total. The van der Waals surface area contributed by atoms with Crippen LogP contribution in [0.15, 0.2) is 17.5 Å². The zero-order valence-corrected chi connectivity index (χ0v) is 16.6. The Kier molecular flexibility index (Phi) is 7.49. The molecule has 2 rings (SSSR count). The molecule has 2 aromatic heterocycles. The van der Waals surface area contributed by atoms with E-state index in [0.717, 1.165) is 16.2 Å². The maximum Gasteiger partial charge on any atom is 0.348 e. The Morgan fingerprint density at radius 3 is 2.54 bits per heavy atom. The van der Waals surface area contributed by atoms with Gasteiger partial charge >= 0.3 is 17.9 Å². The number of hydrogen-bond donors (Lipinski definition) is 1. The summed E-state index contributed by atoms with van der Waals surface area (Å²) in [6.45, 7) is -0.263. The number of thiophene rings is 2. The fourth-order valence-electron chi connectivity index (χ4n) is 2.03. The molecule has 0 aromatic carbocycles. The number of methoxy groups -OCH3 is 2. The van der Waals surface area contributed by atoms with Crippen molar-refractivity contribution in [3.63, 3.8) is 0 Å². The van der Waals surface area contributed by atoms with E-state index in [1.54, 1.807) is 11.3 Å². The fraction of sp³-hybridized carbons (Fsp3) is 0.312. The summed E-state index contributed by atoms with van der Waals surface area (Å²) in [7, 11) is 2.42. The quantitative estimate of drug-likeness (QED) is 0.518. The van der Waals surface area contributed by atoms with Crippen molar-refractivity contribution in [3.8, 4) is 0 Å². The highest BCUT2D eigenvalue weighted by molar-refractivity contribution is 7.99. The molecule has 0 amide bonds. The molecule has 2 aromatic rings. The van der Waals surface area contributed by atoms with Crippen LogP contribution < -0.4 is 5.73 Å². The van der Waals surface area contributed by atoms with Gasteiger partial charge in [0.05, 0.1) is 20.0 Å². The highest BCUT2D eigenvalue weighted by atomic mass is 32.2. The minimum atomic E-state index is -0.702. The molecule has 0 aliphatic carbocycles. The van der Waals surface area contributed by atoms with Crippen LogP contribution in [0.4, 0.5) is 5.00 Å². The molecule has 2 N–H and O–H groups in total. The van der Waals surface area contributed by atoms with Gasteiger partial charge in [0.1, 0.15) is 22.0 Å². The number of anilines is 1. The van der Waals surface area contributed by atoms with E-state index in [0.29, 0.717) is 5.75 Å². The number of ether oxygens (including phenoxy) is 3. The van der Waals surface area contributed by atoms with E-state index in [1.807, 2.05) is 17.5 Å². The molecule has 0 unspecified atom stereocenters. The van der Waals surface area contributed by atoms with E-state index in [9.17, 15) is 14.4 Å². The molecular formula is C16H17NO6S3. The molecule has 26 heavy (non-hydrogen) atoms. The van der Waals surface area contributed by atoms with Crippen LogP contribution in [0.3, 0.4) is 0 Å². The van der Waals surface area contributed by atoms with Crippen LogP contribution in [0.5, 0.6) is 0 Å². The third-order valence-corrected chi connectivity index (χ3v) is 6.27. The van der Waals surface area contributed by atoms with Gasteiger partial charge in [-0.2, -0.15) is 0 Å². The Labute approximate surface area is 162 Å². The van der Waals surface area contributed by atoms with Gasteiger partial charge in [0, 0.05) is 16.2 Å². The zero-order chi connectivity index (χ0) is 19.1. The highest BCUT2D eigenvalue weighted by Crippen LogP contribution is 2.33. The minimum Gasteiger partial charge on any atom is -0.465 e. The molecule has 0 aliphatic heterocycles. The van der Waals surface area contributed by atoms with Crippen LogP contribution in [0.1, 0.15) is 30.5 Å². The van der Waals surface area contributed by atoms with Crippen molar-refractivity contribution in [3.05, 3.63) is 38.4 Å². The molecule has 0 saturated heterocycles. The number of carbonyl (C=O) groups excluding carboxylic acids is 3. The number of thioether (sulfide) groups is 1. The lowest BCUT2D eigenvalue weighted by Crippen LogP contribution is -2.13. The lowest BCUT2D eigenvalue weighted by Gasteiger charge is -2.08. The zero-order valence-electron chi connectivity index (χ0n) is 14.1. The summed E-state index contributed by atoms with van der Waals surface area (Å²) in [6.07, 6.45) is 0. The van der Waals surface area contributed by atoms with Gasteiger partial charge in [-0.3, -0.25) is 4.79 Å². The van der Waals surface area contributed by atoms with Gasteiger partial charge in [-0.15, -0.1) is 34.4 Å². The lowest BCUT2D eigenvalue weighted by atomic mass is 10.1. The van der Waals surface area contributed by atoms with Crippen molar-refractivity contribution >= 4 is 57.3 Å². The van der Waals surface area contributed by atoms with E-state index in [1.165, 1.54) is 26.0 Å². The van der Waals surface area contributed by atoms with E-state index in [-0.39, 0.29) is 33.4 Å². The molecule has 0 aliphatic rings. The van der Waals surface area contributed by atoms with E-state index >= 15 is 0 Å². The molecule has 0 spiro atoms. The Balaban J connectivity index is 2.03. The standard InChI is InChI=1S/C16H17NO6S3/c1-21-15(19)12-10(13(16(20)22-2)26-14(12)17)6-23-11(18)8-24-7-9-4-3-5-25-9/h3-5H,6-8,17H2,1-2H3. The average Bonchev–Trinajstić information content (AvgIpc) is 3.26. The molecule has 140 valence electrons. The van der Waals surface area contributed by atoms with Gasteiger partial charge in [-0.1, -0.05) is 6.07 Å². The van der Waals surface area contributed by atoms with Crippen molar-refractivity contribution in [2.24, 2.45) is 0 Å². The Hall–Kier alpha value is -2.04. The van der Waals surface area contributed by atoms with Crippen LogP contribution in [0, 0.1) is 0 Å². The molecule has 0 fully saturated rings. The van der Waals surface area contributed by atoms with Gasteiger partial charge in [0.15, 0.2) is 0 Å². The van der Waals surface area contributed by atoms with Gasteiger partial charge in [0.2, 0.25) is 0 Å². The van der Waals surface area contributed by atoms with Crippen LogP contribution >= 0.6 is 34.4 Å². The predicted molar refractivity (Wildman–Crippen MR) is 102 cm³/mol. The van der Waals surface area contributed by atoms with Crippen LogP contribution in [0.25, 0.3) is 0 Å². The maximum atomic E-state index is 12.0. The molecule has 0 atom stereocenters. The number of carbonyl (C=O) groups is 3. The van der Waals surface area contributed by atoms with Crippen LogP contribution in [-0.4, -0.2) is 37.9 Å². The molecule has 0 saturated carbocycles.